The van der Waals surface area contributed by atoms with Gasteiger partial charge in [0.15, 0.2) is 9.84 Å². The number of pyridine rings is 1. The lowest BCUT2D eigenvalue weighted by Crippen LogP contribution is -2.34. The smallest absolute Gasteiger partial charge is 0.251 e. The van der Waals surface area contributed by atoms with E-state index in [2.05, 4.69) is 24.1 Å². The van der Waals surface area contributed by atoms with Gasteiger partial charge >= 0.3 is 0 Å². The number of nitrogens with one attached hydrogen (secondary N) is 1. The van der Waals surface area contributed by atoms with Crippen molar-refractivity contribution in [2.45, 2.75) is 213 Å². The zero-order valence-corrected chi connectivity index (χ0v) is 34.4. The summed E-state index contributed by atoms with van der Waals surface area (Å²) >= 11 is 0. The molecular weight excluding hydrogens is 667 g/mol. The molecule has 0 saturated carbocycles. The summed E-state index contributed by atoms with van der Waals surface area (Å²) in [6, 6.07) is 2.98. The van der Waals surface area contributed by atoms with Gasteiger partial charge in [-0.15, -0.1) is 0 Å². The molecule has 0 unspecified atom stereocenters. The van der Waals surface area contributed by atoms with E-state index >= 15 is 0 Å². The Kier molecular flexibility index (Phi) is 30.7. The van der Waals surface area contributed by atoms with Crippen molar-refractivity contribution in [3.05, 3.63) is 41.6 Å². The summed E-state index contributed by atoms with van der Waals surface area (Å²) in [6.45, 7) is 4.13. The summed E-state index contributed by atoms with van der Waals surface area (Å²) in [4.78, 5) is 27.2. The van der Waals surface area contributed by atoms with Crippen LogP contribution in [0.2, 0.25) is 0 Å². The van der Waals surface area contributed by atoms with Crippen molar-refractivity contribution >= 4 is 21.7 Å². The monoisotopic (exact) mass is 746 g/mol. The Labute approximate surface area is 320 Å². The molecule has 1 atom stereocenters. The van der Waals surface area contributed by atoms with E-state index in [1.807, 2.05) is 0 Å². The largest absolute Gasteiger partial charge is 0.370 e. The third kappa shape index (κ3) is 31.3. The summed E-state index contributed by atoms with van der Waals surface area (Å²) in [5.74, 6) is 0.110. The number of sulfone groups is 1. The van der Waals surface area contributed by atoms with Gasteiger partial charge in [-0.3, -0.25) is 14.6 Å². The number of carbonyl (C=O) groups is 2. The fourth-order valence-electron chi connectivity index (χ4n) is 6.93. The molecule has 0 bridgehead atoms. The predicted molar refractivity (Wildman–Crippen MR) is 221 cm³/mol. The first-order chi connectivity index (χ1) is 25.2. The van der Waals surface area contributed by atoms with Crippen molar-refractivity contribution in [2.24, 2.45) is 11.7 Å². The summed E-state index contributed by atoms with van der Waals surface area (Å²) in [7, 11) is -3.29. The van der Waals surface area contributed by atoms with Crippen molar-refractivity contribution in [3.8, 4) is 0 Å². The quantitative estimate of drug-likeness (QED) is 0.0657. The fraction of sp³-hybridized carbons (Fsp3) is 0.795. The van der Waals surface area contributed by atoms with Crippen molar-refractivity contribution in [2.75, 3.05) is 5.75 Å². The van der Waals surface area contributed by atoms with Crippen molar-refractivity contribution in [3.63, 3.8) is 0 Å². The van der Waals surface area contributed by atoms with Crippen molar-refractivity contribution in [1.82, 2.24) is 10.3 Å². The first kappa shape index (κ1) is 47.8. The Morgan fingerprint density at radius 2 is 0.962 bits per heavy atom. The number of aromatic nitrogens is 1. The van der Waals surface area contributed by atoms with Crippen LogP contribution in [-0.2, 0) is 14.6 Å². The van der Waals surface area contributed by atoms with E-state index in [1.54, 1.807) is 30.6 Å². The molecule has 300 valence electrons. The van der Waals surface area contributed by atoms with Crippen LogP contribution in [0.5, 0.6) is 0 Å². The van der Waals surface area contributed by atoms with E-state index < -0.39 is 9.84 Å². The number of nitrogens with two attached hydrogens (primary N) is 1. The molecule has 7 nitrogen and oxygen atoms in total. The van der Waals surface area contributed by atoms with E-state index in [4.69, 9.17) is 5.73 Å². The van der Waals surface area contributed by atoms with Gasteiger partial charge in [0.1, 0.15) is 0 Å². The molecule has 0 aliphatic carbocycles. The lowest BCUT2D eigenvalue weighted by atomic mass is 10.0. The first-order valence-electron chi connectivity index (χ1n) is 21.6. The van der Waals surface area contributed by atoms with Crippen LogP contribution in [0.3, 0.4) is 0 Å². The SMILES string of the molecule is CC(C)C[C@@H](/C=C/S(=O)(=O)CCCCCCCCCCCCCCCCCCCCCCCCCCCCCCC(N)=O)NC(=O)c1ccncc1. The number of nitrogens with zero attached hydrogens (tertiary/aromatic N) is 1. The number of unbranched alkanes of at least 4 members (excludes halogenated alkanes) is 27. The molecule has 0 radical (unpaired) electrons. The molecule has 0 aliphatic rings. The highest BCUT2D eigenvalue weighted by molar-refractivity contribution is 7.94. The number of amides is 2. The fourth-order valence-corrected chi connectivity index (χ4v) is 8.10. The van der Waals surface area contributed by atoms with Crippen LogP contribution in [0.25, 0.3) is 0 Å². The van der Waals surface area contributed by atoms with Gasteiger partial charge in [-0.25, -0.2) is 8.42 Å². The maximum Gasteiger partial charge on any atom is 0.251 e. The highest BCUT2D eigenvalue weighted by atomic mass is 32.2. The third-order valence-electron chi connectivity index (χ3n) is 10.1. The average molecular weight is 746 g/mol. The topological polar surface area (TPSA) is 119 Å². The van der Waals surface area contributed by atoms with Gasteiger partial charge in [0.05, 0.1) is 5.75 Å². The number of rotatable bonds is 37. The second kappa shape index (κ2) is 33.4. The molecule has 3 N–H and O–H groups in total. The molecule has 0 saturated heterocycles. The van der Waals surface area contributed by atoms with Crippen LogP contribution < -0.4 is 11.1 Å². The van der Waals surface area contributed by atoms with E-state index in [1.165, 1.54) is 153 Å². The van der Waals surface area contributed by atoms with Crippen molar-refractivity contribution in [1.29, 1.82) is 0 Å². The normalized spacial score (nSPS) is 12.5. The molecule has 52 heavy (non-hydrogen) atoms. The van der Waals surface area contributed by atoms with Gasteiger partial charge < -0.3 is 11.1 Å². The minimum absolute atomic E-state index is 0.163. The summed E-state index contributed by atoms with van der Waals surface area (Å²) < 4.78 is 25.2. The number of hydrogen-bond acceptors (Lipinski definition) is 5. The highest BCUT2D eigenvalue weighted by Gasteiger charge is 2.15. The zero-order valence-electron chi connectivity index (χ0n) is 33.6. The van der Waals surface area contributed by atoms with Gasteiger partial charge in [0.25, 0.3) is 5.91 Å². The van der Waals surface area contributed by atoms with E-state index in [0.29, 0.717) is 30.7 Å². The third-order valence-corrected chi connectivity index (χ3v) is 11.5. The van der Waals surface area contributed by atoms with Gasteiger partial charge in [-0.1, -0.05) is 187 Å². The lowest BCUT2D eigenvalue weighted by Gasteiger charge is -2.17. The van der Waals surface area contributed by atoms with E-state index in [0.717, 1.165) is 25.7 Å². The zero-order chi connectivity index (χ0) is 38.0. The molecule has 1 rings (SSSR count). The molecule has 0 spiro atoms. The number of primary amides is 1. The van der Waals surface area contributed by atoms with Crippen LogP contribution in [0.4, 0.5) is 0 Å². The molecule has 8 heteroatoms. The standard InChI is InChI=1S/C44H79N3O4S/c1-40(2)39-42(47-44(49)41-32-35-46-36-33-41)34-38-52(50,51)37-30-28-26-24-22-20-18-16-14-12-10-8-6-4-3-5-7-9-11-13-15-17-19-21-23-25-27-29-31-43(45)48/h32-36,38,40,42H,3-31,37,39H2,1-2H3,(H2,45,48)(H,47,49)/b38-34+/t42-/m1/s1. The molecule has 0 fully saturated rings. The van der Waals surface area contributed by atoms with Gasteiger partial charge in [-0.2, -0.15) is 0 Å². The molecule has 0 aromatic carbocycles. The van der Waals surface area contributed by atoms with Gasteiger partial charge in [0.2, 0.25) is 5.91 Å². The molecule has 2 amide bonds. The summed E-state index contributed by atoms with van der Waals surface area (Å²) in [5, 5.41) is 4.26. The van der Waals surface area contributed by atoms with Crippen molar-refractivity contribution < 1.29 is 18.0 Å². The molecule has 1 aromatic heterocycles. The highest BCUT2D eigenvalue weighted by Crippen LogP contribution is 2.17. The van der Waals surface area contributed by atoms with Crippen LogP contribution in [-0.4, -0.2) is 37.0 Å². The van der Waals surface area contributed by atoms with Gasteiger partial charge in [0, 0.05) is 35.8 Å². The van der Waals surface area contributed by atoms with Crippen LogP contribution >= 0.6 is 0 Å². The van der Waals surface area contributed by atoms with Crippen LogP contribution in [0.1, 0.15) is 217 Å². The Balaban J connectivity index is 1.86. The Hall–Kier alpha value is -2.22. The molecular formula is C44H79N3O4S. The maximum atomic E-state index is 12.6. The maximum absolute atomic E-state index is 12.6. The molecule has 0 aliphatic heterocycles. The Morgan fingerprint density at radius 3 is 1.31 bits per heavy atom. The van der Waals surface area contributed by atoms with Crippen LogP contribution in [0.15, 0.2) is 36.0 Å². The number of carbonyl (C=O) groups excluding carboxylic acids is 2. The van der Waals surface area contributed by atoms with E-state index in [-0.39, 0.29) is 23.6 Å². The Morgan fingerprint density at radius 1 is 0.615 bits per heavy atom. The van der Waals surface area contributed by atoms with Crippen LogP contribution in [0, 0.1) is 5.92 Å². The van der Waals surface area contributed by atoms with Gasteiger partial charge in [-0.05, 0) is 37.3 Å². The average Bonchev–Trinajstić information content (AvgIpc) is 3.11. The first-order valence-corrected chi connectivity index (χ1v) is 23.3. The predicted octanol–water partition coefficient (Wildman–Crippen LogP) is 12.0. The lowest BCUT2D eigenvalue weighted by molar-refractivity contribution is -0.118. The summed E-state index contributed by atoms with van der Waals surface area (Å²) in [6.07, 6.45) is 42.2. The Bertz CT molecular complexity index is 1120. The molecule has 1 heterocycles. The second-order valence-electron chi connectivity index (χ2n) is 15.8. The number of hydrogen-bond donors (Lipinski definition) is 2. The minimum Gasteiger partial charge on any atom is -0.370 e. The summed E-state index contributed by atoms with van der Waals surface area (Å²) in [5.41, 5.74) is 5.70. The second-order valence-corrected chi connectivity index (χ2v) is 17.8. The van der Waals surface area contributed by atoms with E-state index in [9.17, 15) is 18.0 Å². The minimum atomic E-state index is -3.29. The molecule has 1 aromatic rings.